The van der Waals surface area contributed by atoms with Crippen molar-refractivity contribution < 1.29 is 14.5 Å². The Morgan fingerprint density at radius 3 is 2.70 bits per heavy atom. The van der Waals surface area contributed by atoms with Gasteiger partial charge >= 0.3 is 6.09 Å². The zero-order valence-corrected chi connectivity index (χ0v) is 14.1. The van der Waals surface area contributed by atoms with Gasteiger partial charge in [-0.2, -0.15) is 0 Å². The van der Waals surface area contributed by atoms with Crippen LogP contribution >= 0.6 is 11.3 Å². The maximum absolute atomic E-state index is 11.8. The Kier molecular flexibility index (Phi) is 4.65. The zero-order chi connectivity index (χ0) is 17.2. The molecule has 0 aliphatic heterocycles. The van der Waals surface area contributed by atoms with E-state index in [1.165, 1.54) is 23.5 Å². The zero-order valence-electron chi connectivity index (χ0n) is 13.2. The van der Waals surface area contributed by atoms with Gasteiger partial charge in [0, 0.05) is 22.6 Å². The lowest BCUT2D eigenvalue weighted by atomic mass is 10.1. The molecule has 1 amide bonds. The van der Waals surface area contributed by atoms with E-state index < -0.39 is 16.6 Å². The van der Waals surface area contributed by atoms with E-state index in [0.29, 0.717) is 16.4 Å². The van der Waals surface area contributed by atoms with Crippen LogP contribution < -0.4 is 5.32 Å². The first kappa shape index (κ1) is 16.9. The van der Waals surface area contributed by atoms with Crippen molar-refractivity contribution >= 4 is 28.2 Å². The summed E-state index contributed by atoms with van der Waals surface area (Å²) in [7, 11) is 0. The second kappa shape index (κ2) is 6.33. The molecule has 0 aliphatic rings. The van der Waals surface area contributed by atoms with E-state index in [1.54, 1.807) is 32.9 Å². The quantitative estimate of drug-likeness (QED) is 0.663. The molecular weight excluding hydrogens is 318 g/mol. The molecule has 0 radical (unpaired) electrons. The first-order chi connectivity index (χ1) is 10.7. The lowest BCUT2D eigenvalue weighted by Crippen LogP contribution is -2.27. The summed E-state index contributed by atoms with van der Waals surface area (Å²) in [5, 5.41) is 13.8. The van der Waals surface area contributed by atoms with Gasteiger partial charge in [-0.1, -0.05) is 12.1 Å². The Balaban J connectivity index is 2.23. The van der Waals surface area contributed by atoms with E-state index in [9.17, 15) is 14.9 Å². The average molecular weight is 335 g/mol. The fourth-order valence-corrected chi connectivity index (χ4v) is 2.70. The van der Waals surface area contributed by atoms with Crippen LogP contribution in [0.2, 0.25) is 0 Å². The van der Waals surface area contributed by atoms with Crippen LogP contribution in [0.3, 0.4) is 0 Å². The number of hydrogen-bond acceptors (Lipinski definition) is 6. The van der Waals surface area contributed by atoms with Crippen LogP contribution in [-0.2, 0) is 4.74 Å². The van der Waals surface area contributed by atoms with Gasteiger partial charge < -0.3 is 4.74 Å². The summed E-state index contributed by atoms with van der Waals surface area (Å²) in [6.07, 6.45) is -0.586. The Hall–Kier alpha value is -2.48. The summed E-state index contributed by atoms with van der Waals surface area (Å²) in [6.45, 7) is 7.16. The van der Waals surface area contributed by atoms with Gasteiger partial charge in [-0.25, -0.2) is 9.78 Å². The van der Waals surface area contributed by atoms with Crippen LogP contribution in [0.25, 0.3) is 11.3 Å². The molecule has 0 saturated heterocycles. The van der Waals surface area contributed by atoms with Crippen molar-refractivity contribution in [2.24, 2.45) is 0 Å². The maximum atomic E-state index is 11.8. The highest BCUT2D eigenvalue weighted by molar-refractivity contribution is 7.16. The van der Waals surface area contributed by atoms with Crippen LogP contribution in [0.5, 0.6) is 0 Å². The third kappa shape index (κ3) is 4.49. The van der Waals surface area contributed by atoms with E-state index in [4.69, 9.17) is 4.74 Å². The third-order valence-corrected chi connectivity index (χ3v) is 3.62. The molecule has 0 atom stereocenters. The summed E-state index contributed by atoms with van der Waals surface area (Å²) in [4.78, 5) is 27.4. The van der Waals surface area contributed by atoms with Crippen molar-refractivity contribution in [2.45, 2.75) is 33.3 Å². The first-order valence-corrected chi connectivity index (χ1v) is 7.69. The van der Waals surface area contributed by atoms with Crippen molar-refractivity contribution in [2.75, 3.05) is 5.32 Å². The van der Waals surface area contributed by atoms with Crippen LogP contribution in [0.4, 0.5) is 15.6 Å². The lowest BCUT2D eigenvalue weighted by Gasteiger charge is -2.18. The van der Waals surface area contributed by atoms with Crippen molar-refractivity contribution in [1.29, 1.82) is 0 Å². The molecule has 1 aromatic carbocycles. The Labute approximate surface area is 137 Å². The van der Waals surface area contributed by atoms with Crippen LogP contribution in [0.15, 0.2) is 24.3 Å². The van der Waals surface area contributed by atoms with Gasteiger partial charge in [-0.15, -0.1) is 11.3 Å². The Bertz CT molecular complexity index is 749. The number of benzene rings is 1. The van der Waals surface area contributed by atoms with Crippen molar-refractivity contribution in [3.63, 3.8) is 0 Å². The topological polar surface area (TPSA) is 94.4 Å². The van der Waals surface area contributed by atoms with Crippen LogP contribution in [0, 0.1) is 17.0 Å². The number of aryl methyl sites for hydroxylation is 1. The predicted molar refractivity (Wildman–Crippen MR) is 88.8 cm³/mol. The minimum Gasteiger partial charge on any atom is -0.444 e. The standard InChI is InChI=1S/C15H17N3O4S/c1-9-12(10-6-5-7-11(8-10)18(20)21)16-13(23-9)17-14(19)22-15(2,3)4/h5-8H,1-4H3,(H,16,17,19). The summed E-state index contributed by atoms with van der Waals surface area (Å²) >= 11 is 1.28. The molecule has 2 rings (SSSR count). The molecule has 122 valence electrons. The van der Waals surface area contributed by atoms with E-state index in [1.807, 2.05) is 6.92 Å². The molecule has 0 aliphatic carbocycles. The molecule has 23 heavy (non-hydrogen) atoms. The molecule has 0 unspecified atom stereocenters. The summed E-state index contributed by atoms with van der Waals surface area (Å²) in [5.41, 5.74) is 0.630. The molecule has 1 heterocycles. The molecular formula is C15H17N3O4S. The van der Waals surface area contributed by atoms with Gasteiger partial charge in [0.25, 0.3) is 5.69 Å². The van der Waals surface area contributed by atoms with Crippen LogP contribution in [0.1, 0.15) is 25.6 Å². The fourth-order valence-electron chi connectivity index (χ4n) is 1.88. The van der Waals surface area contributed by atoms with Crippen molar-refractivity contribution in [3.8, 4) is 11.3 Å². The number of thiazole rings is 1. The van der Waals surface area contributed by atoms with E-state index in [2.05, 4.69) is 10.3 Å². The number of nitro benzene ring substituents is 1. The number of nitro groups is 1. The third-order valence-electron chi connectivity index (χ3n) is 2.73. The largest absolute Gasteiger partial charge is 0.444 e. The number of anilines is 1. The van der Waals surface area contributed by atoms with Gasteiger partial charge in [0.05, 0.1) is 10.6 Å². The molecule has 8 heteroatoms. The number of amides is 1. The highest BCUT2D eigenvalue weighted by Crippen LogP contribution is 2.32. The summed E-state index contributed by atoms with van der Waals surface area (Å²) < 4.78 is 5.17. The monoisotopic (exact) mass is 335 g/mol. The fraction of sp³-hybridized carbons (Fsp3) is 0.333. The molecule has 2 aromatic rings. The normalized spacial score (nSPS) is 11.1. The SMILES string of the molecule is Cc1sc(NC(=O)OC(C)(C)C)nc1-c1cccc([N+](=O)[O-])c1. The molecule has 0 spiro atoms. The number of carbonyl (C=O) groups is 1. The number of non-ortho nitro benzene ring substituents is 1. The molecule has 1 N–H and O–H groups in total. The summed E-state index contributed by atoms with van der Waals surface area (Å²) in [6, 6.07) is 6.23. The number of nitrogens with one attached hydrogen (secondary N) is 1. The predicted octanol–water partition coefficient (Wildman–Crippen LogP) is 4.37. The smallest absolute Gasteiger partial charge is 0.413 e. The minimum absolute atomic E-state index is 0.00319. The number of rotatable bonds is 3. The van der Waals surface area contributed by atoms with E-state index in [0.717, 1.165) is 4.88 Å². The van der Waals surface area contributed by atoms with Crippen molar-refractivity contribution in [3.05, 3.63) is 39.3 Å². The Morgan fingerprint density at radius 1 is 1.39 bits per heavy atom. The highest BCUT2D eigenvalue weighted by atomic mass is 32.1. The summed E-state index contributed by atoms with van der Waals surface area (Å²) in [5.74, 6) is 0. The number of hydrogen-bond donors (Lipinski definition) is 1. The second-order valence-corrected chi connectivity index (χ2v) is 7.06. The average Bonchev–Trinajstić information content (AvgIpc) is 2.77. The van der Waals surface area contributed by atoms with Crippen molar-refractivity contribution in [1.82, 2.24) is 4.98 Å². The van der Waals surface area contributed by atoms with Gasteiger partial charge in [0.15, 0.2) is 5.13 Å². The second-order valence-electron chi connectivity index (χ2n) is 5.86. The molecule has 0 bridgehead atoms. The van der Waals surface area contributed by atoms with Gasteiger partial charge in [-0.3, -0.25) is 15.4 Å². The first-order valence-electron chi connectivity index (χ1n) is 6.88. The van der Waals surface area contributed by atoms with Gasteiger partial charge in [-0.05, 0) is 27.7 Å². The van der Waals surface area contributed by atoms with Gasteiger partial charge in [0.2, 0.25) is 0 Å². The van der Waals surface area contributed by atoms with E-state index >= 15 is 0 Å². The molecule has 0 saturated carbocycles. The number of aromatic nitrogens is 1. The number of nitrogens with zero attached hydrogens (tertiary/aromatic N) is 2. The van der Waals surface area contributed by atoms with E-state index in [-0.39, 0.29) is 5.69 Å². The molecule has 1 aromatic heterocycles. The number of ether oxygens (including phenoxy) is 1. The minimum atomic E-state index is -0.598. The maximum Gasteiger partial charge on any atom is 0.413 e. The highest BCUT2D eigenvalue weighted by Gasteiger charge is 2.19. The molecule has 7 nitrogen and oxygen atoms in total. The molecule has 0 fully saturated rings. The lowest BCUT2D eigenvalue weighted by molar-refractivity contribution is -0.384. The van der Waals surface area contributed by atoms with Gasteiger partial charge in [0.1, 0.15) is 5.60 Å². The Morgan fingerprint density at radius 2 is 2.09 bits per heavy atom. The number of carbonyl (C=O) groups excluding carboxylic acids is 1. The van der Waals surface area contributed by atoms with Crippen LogP contribution in [-0.4, -0.2) is 21.6 Å².